The lowest BCUT2D eigenvalue weighted by atomic mass is 9.77. The minimum Gasteiger partial charge on any atom is -0.497 e. The van der Waals surface area contributed by atoms with Gasteiger partial charge in [0.1, 0.15) is 52.6 Å². The molecule has 10 rings (SSSR count). The predicted octanol–water partition coefficient (Wildman–Crippen LogP) is 10.5. The monoisotopic (exact) mass is 1240 g/mol. The third-order valence-corrected chi connectivity index (χ3v) is 15.6. The number of benzene rings is 6. The number of hydrogen-bond donors (Lipinski definition) is 3. The third kappa shape index (κ3) is 13.1. The van der Waals surface area contributed by atoms with Crippen LogP contribution in [0.25, 0.3) is 0 Å². The van der Waals surface area contributed by atoms with Crippen LogP contribution in [-0.4, -0.2) is 98.8 Å². The summed E-state index contributed by atoms with van der Waals surface area (Å²) in [6.45, 7) is 8.84. The summed E-state index contributed by atoms with van der Waals surface area (Å²) < 4.78 is 106. The number of carbonyl (C=O) groups is 2. The van der Waals surface area contributed by atoms with Gasteiger partial charge in [0.2, 0.25) is 12.5 Å². The van der Waals surface area contributed by atoms with Gasteiger partial charge in [-0.1, -0.05) is 173 Å². The maximum absolute atomic E-state index is 17.4. The minimum absolute atomic E-state index is 0.123. The number of halogens is 4. The van der Waals surface area contributed by atoms with Crippen LogP contribution in [0.5, 0.6) is 11.5 Å². The molecule has 4 N–H and O–H groups in total. The van der Waals surface area contributed by atoms with E-state index in [4.69, 9.17) is 38.9 Å². The summed E-state index contributed by atoms with van der Waals surface area (Å²) in [5, 5.41) is 14.6. The zero-order valence-corrected chi connectivity index (χ0v) is 50.6. The Labute approximate surface area is 517 Å². The van der Waals surface area contributed by atoms with Crippen LogP contribution in [0.3, 0.4) is 0 Å². The smallest absolute Gasteiger partial charge is 0.351 e. The van der Waals surface area contributed by atoms with Crippen LogP contribution in [0.4, 0.5) is 29.2 Å². The fraction of sp³-hybridized carbons (Fsp3) is 0.324. The topological polar surface area (TPSA) is 227 Å². The number of esters is 2. The zero-order valence-electron chi connectivity index (χ0n) is 50.6. The van der Waals surface area contributed by atoms with Crippen molar-refractivity contribution in [3.63, 3.8) is 0 Å². The fourth-order valence-corrected chi connectivity index (χ4v) is 11.0. The van der Waals surface area contributed by atoms with Crippen LogP contribution in [0, 0.1) is 11.8 Å². The number of rotatable bonds is 20. The van der Waals surface area contributed by atoms with E-state index in [9.17, 15) is 24.3 Å². The fourth-order valence-electron chi connectivity index (χ4n) is 11.0. The number of nitrogens with two attached hydrogens (primary N) is 1. The normalized spacial score (nSPS) is 20.1. The number of nitrogen functional groups attached to an aromatic ring is 1. The maximum Gasteiger partial charge on any atom is 0.351 e. The van der Waals surface area contributed by atoms with E-state index >= 15 is 17.6 Å². The summed E-state index contributed by atoms with van der Waals surface area (Å²) in [4.78, 5) is 57.9. The van der Waals surface area contributed by atoms with E-state index in [2.05, 4.69) is 15.3 Å². The Hall–Kier alpha value is -9.22. The third-order valence-electron chi connectivity index (χ3n) is 15.6. The van der Waals surface area contributed by atoms with Gasteiger partial charge in [-0.15, -0.1) is 0 Å². The highest BCUT2D eigenvalue weighted by atomic mass is 19.3. The van der Waals surface area contributed by atoms with Gasteiger partial charge in [0.15, 0.2) is 12.2 Å². The molecule has 0 bridgehead atoms. The number of alkyl halides is 4. The molecular weight excluding hydrogens is 1170 g/mol. The van der Waals surface area contributed by atoms with Crippen molar-refractivity contribution in [2.75, 3.05) is 25.3 Å². The van der Waals surface area contributed by atoms with Gasteiger partial charge in [-0.3, -0.25) is 18.7 Å². The van der Waals surface area contributed by atoms with Crippen LogP contribution >= 0.6 is 0 Å². The molecule has 2 saturated heterocycles. The van der Waals surface area contributed by atoms with Gasteiger partial charge >= 0.3 is 35.2 Å². The number of ether oxygens (including phenoxy) is 7. The number of anilines is 2. The first-order valence-electron chi connectivity index (χ1n) is 29.0. The van der Waals surface area contributed by atoms with Gasteiger partial charge in [-0.05, 0) is 83.6 Å². The summed E-state index contributed by atoms with van der Waals surface area (Å²) in [7, 11) is 3.13. The van der Waals surface area contributed by atoms with Gasteiger partial charge < -0.3 is 49.3 Å². The molecule has 2 aromatic heterocycles. The highest BCUT2D eigenvalue weighted by molar-refractivity contribution is 5.72. The van der Waals surface area contributed by atoms with Gasteiger partial charge in [0.25, 0.3) is 0 Å². The van der Waals surface area contributed by atoms with E-state index in [0.29, 0.717) is 32.8 Å². The molecule has 2 aliphatic heterocycles. The summed E-state index contributed by atoms with van der Waals surface area (Å²) in [5.41, 5.74) is 4.72. The van der Waals surface area contributed by atoms with Gasteiger partial charge in [-0.25, -0.2) is 9.59 Å². The first-order valence-corrected chi connectivity index (χ1v) is 29.0. The molecule has 4 heterocycles. The zero-order chi connectivity index (χ0) is 64.7. The number of methoxy groups -OCH3 is 2. The quantitative estimate of drug-likeness (QED) is 0.0366. The lowest BCUT2D eigenvalue weighted by molar-refractivity contribution is -0.182. The van der Waals surface area contributed by atoms with Gasteiger partial charge in [-0.2, -0.15) is 27.5 Å². The molecule has 0 spiro atoms. The Morgan fingerprint density at radius 1 is 0.556 bits per heavy atom. The van der Waals surface area contributed by atoms with Crippen LogP contribution < -0.4 is 31.9 Å². The number of aliphatic hydroxyl groups is 1. The Balaban J connectivity index is 0.000000278. The average Bonchev–Trinajstić information content (AvgIpc) is 1.35. The highest BCUT2D eigenvalue weighted by Crippen LogP contribution is 2.52. The van der Waals surface area contributed by atoms with Crippen molar-refractivity contribution in [2.24, 2.45) is 11.8 Å². The average molecular weight is 1240 g/mol. The molecule has 0 aliphatic carbocycles. The van der Waals surface area contributed by atoms with E-state index < -0.39 is 107 Å². The maximum atomic E-state index is 17.4. The highest BCUT2D eigenvalue weighted by Gasteiger charge is 2.66. The van der Waals surface area contributed by atoms with Gasteiger partial charge in [0.05, 0.1) is 32.2 Å². The Kier molecular flexibility index (Phi) is 19.8. The summed E-state index contributed by atoms with van der Waals surface area (Å²) >= 11 is 0. The van der Waals surface area contributed by atoms with Gasteiger partial charge in [0, 0.05) is 12.4 Å². The molecule has 2 fully saturated rings. The molecule has 2 unspecified atom stereocenters. The van der Waals surface area contributed by atoms with Crippen molar-refractivity contribution in [2.45, 2.75) is 114 Å². The second-order valence-electron chi connectivity index (χ2n) is 22.4. The van der Waals surface area contributed by atoms with Crippen molar-refractivity contribution >= 4 is 23.6 Å². The Bertz CT molecular complexity index is 3750. The van der Waals surface area contributed by atoms with E-state index in [1.54, 1.807) is 101 Å². The summed E-state index contributed by atoms with van der Waals surface area (Å²) in [6.07, 6.45) is -11.9. The first kappa shape index (κ1) is 65.2. The second-order valence-corrected chi connectivity index (χ2v) is 22.4. The summed E-state index contributed by atoms with van der Waals surface area (Å²) in [5.74, 6) is -9.20. The van der Waals surface area contributed by atoms with Crippen molar-refractivity contribution in [3.05, 3.63) is 249 Å². The van der Waals surface area contributed by atoms with Crippen LogP contribution in [0.1, 0.15) is 87.4 Å². The first-order chi connectivity index (χ1) is 43.0. The van der Waals surface area contributed by atoms with E-state index in [1.165, 1.54) is 40.0 Å². The minimum atomic E-state index is -3.88. The number of hydrogen-bond acceptors (Lipinski definition) is 16. The number of carbonyl (C=O) groups excluding carboxylic acids is 2. The molecule has 8 atom stereocenters. The Morgan fingerprint density at radius 3 is 1.39 bits per heavy atom. The molecule has 2 aliphatic rings. The molecule has 8 aromatic rings. The van der Waals surface area contributed by atoms with Crippen molar-refractivity contribution in [1.82, 2.24) is 19.1 Å². The van der Waals surface area contributed by atoms with Crippen molar-refractivity contribution < 1.29 is 65.4 Å². The second kappa shape index (κ2) is 27.3. The van der Waals surface area contributed by atoms with Crippen molar-refractivity contribution in [1.29, 1.82) is 0 Å². The van der Waals surface area contributed by atoms with E-state index in [0.717, 1.165) is 33.5 Å². The number of nitrogens with one attached hydrogen (secondary N) is 1. The van der Waals surface area contributed by atoms with Crippen molar-refractivity contribution in [3.8, 4) is 11.5 Å². The van der Waals surface area contributed by atoms with Crippen LogP contribution in [-0.2, 0) is 44.4 Å². The summed E-state index contributed by atoms with van der Waals surface area (Å²) in [6, 6.07) is 54.6. The molecule has 90 heavy (non-hydrogen) atoms. The molecular formula is C68H70F4N6O12. The molecule has 0 saturated carbocycles. The number of aromatic nitrogens is 4. The predicted molar refractivity (Wildman–Crippen MR) is 326 cm³/mol. The Morgan fingerprint density at radius 2 is 0.956 bits per heavy atom. The molecule has 18 nitrogen and oxygen atoms in total. The molecule has 472 valence electrons. The molecule has 0 amide bonds. The lowest BCUT2D eigenvalue weighted by Crippen LogP contribution is -2.50. The molecule has 6 aromatic carbocycles. The van der Waals surface area contributed by atoms with Crippen LogP contribution in [0.15, 0.2) is 204 Å². The van der Waals surface area contributed by atoms with E-state index in [-0.39, 0.29) is 11.6 Å². The number of nitrogens with zero attached hydrogens (tertiary/aromatic N) is 4. The largest absolute Gasteiger partial charge is 0.497 e. The number of aliphatic hydroxyl groups excluding tert-OH is 1. The van der Waals surface area contributed by atoms with E-state index in [1.807, 2.05) is 97.1 Å². The SMILES string of the molecule is CC(C)C(=O)OC(C)[C@H]1O[C@@H](n2ccc(N)nc2=O)C(F)(F)[C@@H]1OC(=O)C(C)C.COc1ccc(C(Nc2ccn([C@@H]3O[C@H](C(C)O)[C@@H](OC(c4ccccc4)(c4ccccc4)c4ccc(OC)cc4)C3(F)F)c(=O)n2)(c2ccccc2)c2ccccc2)cc1. The van der Waals surface area contributed by atoms with Crippen LogP contribution in [0.2, 0.25) is 0 Å². The molecule has 0 radical (unpaired) electrons. The standard InChI is InChI=1S/C50H45F2N3O6.C18H25F2N3O6/c1-34(56)44-45(61-49(38-20-12-6-13-21-38,39-22-14-7-15-23-39)40-26-30-42(59-3)31-27-40)50(51,52)46(60-44)55-33-32-43(53-47(55)57)54-48(35-16-8-4-9-17-35,36-18-10-5-11-19-36)37-24-28-41(58-2)29-25-37;1-8(2)14(24)27-10(5)12-13(29-15(25)9(3)4)18(19,20)16(28-12)23-7-6-11(21)22-17(23)26/h4-34,44-46,56H,1-3H3,(H,53,54,57);6-10,12-13,16H,1-5H3,(H2,21,22,26)/t34?,44-,45-,46-;10?,12-,13-,16-/m11/s1. The molecule has 22 heteroatoms. The lowest BCUT2D eigenvalue weighted by Gasteiger charge is -2.40.